The summed E-state index contributed by atoms with van der Waals surface area (Å²) in [5.41, 5.74) is -0.222. The van der Waals surface area contributed by atoms with Crippen molar-refractivity contribution in [3.8, 4) is 0 Å². The van der Waals surface area contributed by atoms with Gasteiger partial charge >= 0.3 is 6.16 Å². The predicted octanol–water partition coefficient (Wildman–Crippen LogP) is 1.20. The maximum absolute atomic E-state index is 12.9. The number of carbonyl (C=O) groups excluding carboxylic acids is 5. The van der Waals surface area contributed by atoms with Crippen molar-refractivity contribution in [1.29, 1.82) is 0 Å². The lowest BCUT2D eigenvalue weighted by molar-refractivity contribution is -0.137. The van der Waals surface area contributed by atoms with Crippen LogP contribution in [0.4, 0.5) is 10.5 Å². The summed E-state index contributed by atoms with van der Waals surface area (Å²) in [6.45, 7) is 4.38. The van der Waals surface area contributed by atoms with Gasteiger partial charge in [0.25, 0.3) is 21.9 Å². The highest BCUT2D eigenvalue weighted by atomic mass is 32.2. The molecule has 0 fully saturated rings. The van der Waals surface area contributed by atoms with E-state index in [9.17, 15) is 41.7 Å². The number of anilines is 1. The van der Waals surface area contributed by atoms with Gasteiger partial charge in [-0.25, -0.2) is 4.79 Å². The standard InChI is InChI=1S/C26H34N4O11S/c1-15(2)23(29-20(31)7-5-4-6-12-30-21(32)10-11-22(30)33)25(35)27-16(3)24(34)28-18-9-8-17(14-41-26(36)37)19(13-18)42(38,39)40/h8-11,13,15-16,23H,4-7,12,14H2,1-3H3,(H,27,35)(H,28,34)(H,29,31)(H,36,37)(H,38,39,40)/t16-,23-/m0/s1. The molecule has 5 N–H and O–H groups in total. The van der Waals surface area contributed by atoms with Crippen LogP contribution in [0.3, 0.4) is 0 Å². The second-order valence-corrected chi connectivity index (χ2v) is 11.2. The molecule has 1 heterocycles. The Morgan fingerprint density at radius 1 is 0.952 bits per heavy atom. The normalized spacial score (nSPS) is 14.5. The van der Waals surface area contributed by atoms with Crippen LogP contribution in [0, 0.1) is 5.92 Å². The molecular formula is C26H34N4O11S. The van der Waals surface area contributed by atoms with Crippen molar-refractivity contribution in [3.05, 3.63) is 35.9 Å². The van der Waals surface area contributed by atoms with Crippen molar-refractivity contribution in [2.24, 2.45) is 5.92 Å². The highest BCUT2D eigenvalue weighted by Gasteiger charge is 2.27. The molecule has 0 spiro atoms. The summed E-state index contributed by atoms with van der Waals surface area (Å²) in [6, 6.07) is 1.25. The molecule has 230 valence electrons. The zero-order valence-corrected chi connectivity index (χ0v) is 24.1. The highest BCUT2D eigenvalue weighted by Crippen LogP contribution is 2.22. The van der Waals surface area contributed by atoms with Crippen LogP contribution in [0.1, 0.15) is 52.0 Å². The van der Waals surface area contributed by atoms with Gasteiger partial charge in [0.05, 0.1) is 0 Å². The quantitative estimate of drug-likeness (QED) is 0.0820. The molecule has 0 saturated carbocycles. The van der Waals surface area contributed by atoms with E-state index in [1.807, 2.05) is 0 Å². The van der Waals surface area contributed by atoms with Gasteiger partial charge in [0, 0.05) is 36.4 Å². The minimum Gasteiger partial charge on any atom is -0.450 e. The summed E-state index contributed by atoms with van der Waals surface area (Å²) in [5, 5.41) is 16.2. The number of hydrogen-bond acceptors (Lipinski definition) is 9. The third kappa shape index (κ3) is 10.3. The number of carbonyl (C=O) groups is 6. The molecule has 1 aliphatic rings. The van der Waals surface area contributed by atoms with Crippen molar-refractivity contribution in [2.45, 2.75) is 70.0 Å². The van der Waals surface area contributed by atoms with E-state index in [0.717, 1.165) is 17.0 Å². The first kappa shape index (κ1) is 33.9. The van der Waals surface area contributed by atoms with E-state index in [0.29, 0.717) is 19.3 Å². The van der Waals surface area contributed by atoms with Gasteiger partial charge in [-0.3, -0.25) is 33.4 Å². The van der Waals surface area contributed by atoms with Crippen molar-refractivity contribution in [1.82, 2.24) is 15.5 Å². The molecule has 1 aromatic rings. The van der Waals surface area contributed by atoms with Crippen LogP contribution in [0.2, 0.25) is 0 Å². The predicted molar refractivity (Wildman–Crippen MR) is 146 cm³/mol. The number of nitrogens with zero attached hydrogens (tertiary/aromatic N) is 1. The zero-order valence-electron chi connectivity index (χ0n) is 23.3. The number of unbranched alkanes of at least 4 members (excludes halogenated alkanes) is 2. The second kappa shape index (κ2) is 15.1. The highest BCUT2D eigenvalue weighted by molar-refractivity contribution is 7.85. The van der Waals surface area contributed by atoms with Gasteiger partial charge in [-0.1, -0.05) is 26.3 Å². The zero-order chi connectivity index (χ0) is 31.6. The molecule has 0 bridgehead atoms. The number of carboxylic acid groups (broad SMARTS) is 1. The van der Waals surface area contributed by atoms with Crippen LogP contribution in [-0.4, -0.2) is 77.3 Å². The molecular weight excluding hydrogens is 576 g/mol. The average Bonchev–Trinajstić information content (AvgIpc) is 3.21. The molecule has 1 aliphatic heterocycles. The lowest BCUT2D eigenvalue weighted by Crippen LogP contribution is -2.53. The first-order valence-corrected chi connectivity index (χ1v) is 14.4. The summed E-state index contributed by atoms with van der Waals surface area (Å²) < 4.78 is 37.3. The van der Waals surface area contributed by atoms with Crippen LogP contribution < -0.4 is 16.0 Å². The molecule has 0 unspecified atom stereocenters. The summed E-state index contributed by atoms with van der Waals surface area (Å²) in [7, 11) is -4.80. The molecule has 42 heavy (non-hydrogen) atoms. The first-order valence-electron chi connectivity index (χ1n) is 13.0. The third-order valence-electron chi connectivity index (χ3n) is 6.17. The van der Waals surface area contributed by atoms with Gasteiger partial charge in [0.1, 0.15) is 23.6 Å². The molecule has 0 saturated heterocycles. The number of imide groups is 1. The minimum atomic E-state index is -4.80. The fourth-order valence-electron chi connectivity index (χ4n) is 3.91. The Bertz CT molecular complexity index is 1340. The van der Waals surface area contributed by atoms with Crippen molar-refractivity contribution in [3.63, 3.8) is 0 Å². The van der Waals surface area contributed by atoms with Gasteiger partial charge in [-0.05, 0) is 37.8 Å². The SMILES string of the molecule is CC(C)[C@H](NC(=O)CCCCCN1C(=O)C=CC1=O)C(=O)N[C@@H](C)C(=O)Nc1ccc(COC(=O)O)c(S(=O)(=O)O)c1. The molecule has 0 aliphatic carbocycles. The number of amides is 5. The van der Waals surface area contributed by atoms with Crippen molar-refractivity contribution >= 4 is 51.5 Å². The number of nitrogens with one attached hydrogen (secondary N) is 3. The van der Waals surface area contributed by atoms with Gasteiger partial charge in [0.2, 0.25) is 17.7 Å². The monoisotopic (exact) mass is 610 g/mol. The van der Waals surface area contributed by atoms with E-state index in [-0.39, 0.29) is 47.9 Å². The van der Waals surface area contributed by atoms with Crippen molar-refractivity contribution in [2.75, 3.05) is 11.9 Å². The topological polar surface area (TPSA) is 226 Å². The molecule has 0 aromatic heterocycles. The van der Waals surface area contributed by atoms with E-state index in [2.05, 4.69) is 20.7 Å². The molecule has 15 nitrogen and oxygen atoms in total. The Morgan fingerprint density at radius 2 is 1.60 bits per heavy atom. The number of benzene rings is 1. The van der Waals surface area contributed by atoms with Gasteiger partial charge < -0.3 is 25.8 Å². The molecule has 2 rings (SSSR count). The average molecular weight is 611 g/mol. The van der Waals surface area contributed by atoms with Gasteiger partial charge in [-0.15, -0.1) is 0 Å². The summed E-state index contributed by atoms with van der Waals surface area (Å²) in [5.74, 6) is -2.81. The third-order valence-corrected chi connectivity index (χ3v) is 7.10. The van der Waals surface area contributed by atoms with Gasteiger partial charge in [-0.2, -0.15) is 8.42 Å². The Morgan fingerprint density at radius 3 is 2.17 bits per heavy atom. The maximum atomic E-state index is 12.9. The lowest BCUT2D eigenvalue weighted by atomic mass is 10.0. The van der Waals surface area contributed by atoms with Crippen LogP contribution in [-0.2, 0) is 45.4 Å². The van der Waals surface area contributed by atoms with Gasteiger partial charge in [0.15, 0.2) is 0 Å². The Balaban J connectivity index is 1.89. The summed E-state index contributed by atoms with van der Waals surface area (Å²) in [4.78, 5) is 72.2. The van der Waals surface area contributed by atoms with Crippen LogP contribution in [0.5, 0.6) is 0 Å². The van der Waals surface area contributed by atoms with E-state index < -0.39 is 51.7 Å². The molecule has 16 heteroatoms. The Labute approximate surface area is 242 Å². The lowest BCUT2D eigenvalue weighted by Gasteiger charge is -2.24. The number of rotatable bonds is 15. The van der Waals surface area contributed by atoms with Crippen LogP contribution in [0.25, 0.3) is 0 Å². The molecule has 5 amide bonds. The second-order valence-electron chi connectivity index (χ2n) is 9.83. The smallest absolute Gasteiger partial charge is 0.450 e. The maximum Gasteiger partial charge on any atom is 0.506 e. The van der Waals surface area contributed by atoms with E-state index in [1.165, 1.54) is 25.1 Å². The number of ether oxygens (including phenoxy) is 1. The van der Waals surface area contributed by atoms with E-state index in [1.54, 1.807) is 13.8 Å². The van der Waals surface area contributed by atoms with Crippen molar-refractivity contribution < 1.29 is 51.6 Å². The first-order chi connectivity index (χ1) is 19.6. The largest absolute Gasteiger partial charge is 0.506 e. The molecule has 1 aromatic carbocycles. The number of hydrogen-bond donors (Lipinski definition) is 5. The molecule has 0 radical (unpaired) electrons. The van der Waals surface area contributed by atoms with Crippen LogP contribution in [0.15, 0.2) is 35.2 Å². The molecule has 2 atom stereocenters. The Hall–Kier alpha value is -4.31. The minimum absolute atomic E-state index is 0.0590. The van der Waals surface area contributed by atoms with E-state index in [4.69, 9.17) is 5.11 Å². The summed E-state index contributed by atoms with van der Waals surface area (Å²) >= 11 is 0. The van der Waals surface area contributed by atoms with E-state index >= 15 is 0 Å². The Kier molecular flexibility index (Phi) is 12.2. The van der Waals surface area contributed by atoms with Crippen LogP contribution >= 0.6 is 0 Å². The fraction of sp³-hybridized carbons (Fsp3) is 0.462. The summed E-state index contributed by atoms with van der Waals surface area (Å²) in [6.07, 6.45) is 2.43. The fourth-order valence-corrected chi connectivity index (χ4v) is 4.65.